The molecule has 1 fully saturated rings. The predicted octanol–water partition coefficient (Wildman–Crippen LogP) is 4.76. The van der Waals surface area contributed by atoms with Crippen molar-refractivity contribution >= 4 is 35.0 Å². The SMILES string of the molecule is COc1ccc(NC(=O)/C(C#N)=C2\S[C@H](Cc3ccccc3)C(=O)N2c2ccccc2)cc1. The van der Waals surface area contributed by atoms with E-state index in [1.807, 2.05) is 54.6 Å². The number of hydrogen-bond acceptors (Lipinski definition) is 5. The maximum absolute atomic E-state index is 13.4. The zero-order valence-corrected chi connectivity index (χ0v) is 18.7. The zero-order chi connectivity index (χ0) is 23.2. The summed E-state index contributed by atoms with van der Waals surface area (Å²) in [6, 6.07) is 27.6. The first kappa shape index (κ1) is 22.2. The van der Waals surface area contributed by atoms with Crippen molar-refractivity contribution in [3.05, 3.63) is 101 Å². The van der Waals surface area contributed by atoms with Crippen LogP contribution in [-0.2, 0) is 16.0 Å². The van der Waals surface area contributed by atoms with Gasteiger partial charge in [-0.2, -0.15) is 5.26 Å². The molecule has 1 aliphatic heterocycles. The Morgan fingerprint density at radius 2 is 1.67 bits per heavy atom. The van der Waals surface area contributed by atoms with Gasteiger partial charge in [0.2, 0.25) is 5.91 Å². The predicted molar refractivity (Wildman–Crippen MR) is 130 cm³/mol. The Morgan fingerprint density at radius 1 is 1.03 bits per heavy atom. The average Bonchev–Trinajstić information content (AvgIpc) is 3.16. The lowest BCUT2D eigenvalue weighted by Gasteiger charge is -2.18. The van der Waals surface area contributed by atoms with Crippen LogP contribution in [0.3, 0.4) is 0 Å². The van der Waals surface area contributed by atoms with E-state index in [1.165, 1.54) is 16.7 Å². The number of carbonyl (C=O) groups is 2. The van der Waals surface area contributed by atoms with Gasteiger partial charge in [-0.05, 0) is 48.4 Å². The molecule has 33 heavy (non-hydrogen) atoms. The molecule has 0 unspecified atom stereocenters. The Hall–Kier alpha value is -4.02. The number of nitriles is 1. The zero-order valence-electron chi connectivity index (χ0n) is 17.9. The summed E-state index contributed by atoms with van der Waals surface area (Å²) in [7, 11) is 1.56. The van der Waals surface area contributed by atoms with Gasteiger partial charge in [0.1, 0.15) is 22.4 Å². The van der Waals surface area contributed by atoms with Crippen LogP contribution in [0.25, 0.3) is 0 Å². The average molecular weight is 456 g/mol. The lowest BCUT2D eigenvalue weighted by molar-refractivity contribution is -0.117. The number of hydrogen-bond donors (Lipinski definition) is 1. The highest BCUT2D eigenvalue weighted by atomic mass is 32.2. The van der Waals surface area contributed by atoms with E-state index in [-0.39, 0.29) is 11.5 Å². The fourth-order valence-electron chi connectivity index (χ4n) is 3.50. The lowest BCUT2D eigenvalue weighted by atomic mass is 10.1. The first-order valence-electron chi connectivity index (χ1n) is 10.3. The van der Waals surface area contributed by atoms with E-state index >= 15 is 0 Å². The molecule has 0 spiro atoms. The molecular formula is C26H21N3O3S. The summed E-state index contributed by atoms with van der Waals surface area (Å²) in [6.45, 7) is 0. The second-order valence-corrected chi connectivity index (χ2v) is 8.47. The van der Waals surface area contributed by atoms with Gasteiger partial charge in [-0.3, -0.25) is 14.5 Å². The molecule has 7 heteroatoms. The van der Waals surface area contributed by atoms with Gasteiger partial charge >= 0.3 is 0 Å². The molecule has 4 rings (SSSR count). The van der Waals surface area contributed by atoms with Crippen LogP contribution in [0.1, 0.15) is 5.56 Å². The van der Waals surface area contributed by atoms with E-state index in [9.17, 15) is 14.9 Å². The van der Waals surface area contributed by atoms with Crippen LogP contribution in [0.5, 0.6) is 5.75 Å². The molecule has 0 aliphatic carbocycles. The second-order valence-electron chi connectivity index (χ2n) is 7.28. The Bertz CT molecular complexity index is 1220. The van der Waals surface area contributed by atoms with E-state index < -0.39 is 11.2 Å². The lowest BCUT2D eigenvalue weighted by Crippen LogP contribution is -2.30. The van der Waals surface area contributed by atoms with E-state index in [1.54, 1.807) is 43.5 Å². The third-order valence-electron chi connectivity index (χ3n) is 5.13. The topological polar surface area (TPSA) is 82.4 Å². The Kier molecular flexibility index (Phi) is 6.77. The molecule has 1 atom stereocenters. The number of ether oxygens (including phenoxy) is 1. The molecule has 0 bridgehead atoms. The van der Waals surface area contributed by atoms with Crippen molar-refractivity contribution < 1.29 is 14.3 Å². The van der Waals surface area contributed by atoms with Crippen LogP contribution in [0.15, 0.2) is 95.5 Å². The summed E-state index contributed by atoms with van der Waals surface area (Å²) < 4.78 is 5.14. The van der Waals surface area contributed by atoms with Crippen LogP contribution >= 0.6 is 11.8 Å². The Morgan fingerprint density at radius 3 is 2.27 bits per heavy atom. The van der Waals surface area contributed by atoms with Gasteiger partial charge in [-0.15, -0.1) is 0 Å². The molecule has 1 saturated heterocycles. The van der Waals surface area contributed by atoms with Crippen LogP contribution < -0.4 is 15.0 Å². The van der Waals surface area contributed by atoms with Crippen molar-refractivity contribution in [3.8, 4) is 11.8 Å². The highest BCUT2D eigenvalue weighted by Crippen LogP contribution is 2.42. The van der Waals surface area contributed by atoms with Gasteiger partial charge in [0.05, 0.1) is 12.4 Å². The van der Waals surface area contributed by atoms with E-state index in [0.29, 0.717) is 28.6 Å². The maximum Gasteiger partial charge on any atom is 0.269 e. The smallest absolute Gasteiger partial charge is 0.269 e. The van der Waals surface area contributed by atoms with Gasteiger partial charge < -0.3 is 10.1 Å². The number of nitrogens with one attached hydrogen (secondary N) is 1. The summed E-state index contributed by atoms with van der Waals surface area (Å²) in [6.07, 6.45) is 0.496. The van der Waals surface area contributed by atoms with Crippen molar-refractivity contribution in [1.82, 2.24) is 0 Å². The standard InChI is InChI=1S/C26H21N3O3S/c1-32-21-14-12-19(13-15-21)28-24(30)22(17-27)26-29(20-10-6-3-7-11-20)25(31)23(33-26)16-18-8-4-2-5-9-18/h2-15,23H,16H2,1H3,(H,28,30)/b26-22-/t23-/m1/s1. The monoisotopic (exact) mass is 455 g/mol. The third-order valence-corrected chi connectivity index (χ3v) is 6.39. The molecule has 0 saturated carbocycles. The van der Waals surface area contributed by atoms with Crippen LogP contribution in [0.4, 0.5) is 11.4 Å². The van der Waals surface area contributed by atoms with E-state index in [4.69, 9.17) is 4.74 Å². The van der Waals surface area contributed by atoms with Crippen molar-refractivity contribution in [3.63, 3.8) is 0 Å². The van der Waals surface area contributed by atoms with Crippen LogP contribution in [0, 0.1) is 11.3 Å². The molecule has 164 valence electrons. The van der Waals surface area contributed by atoms with Crippen molar-refractivity contribution in [1.29, 1.82) is 5.26 Å². The third kappa shape index (κ3) is 4.92. The maximum atomic E-state index is 13.4. The second kappa shape index (κ2) is 10.1. The number of methoxy groups -OCH3 is 1. The molecule has 3 aromatic carbocycles. The molecule has 1 N–H and O–H groups in total. The van der Waals surface area contributed by atoms with Crippen molar-refractivity contribution in [2.45, 2.75) is 11.7 Å². The normalized spacial score (nSPS) is 16.8. The minimum absolute atomic E-state index is 0.108. The fraction of sp³-hybridized carbons (Fsp3) is 0.115. The quantitative estimate of drug-likeness (QED) is 0.428. The van der Waals surface area contributed by atoms with Gasteiger partial charge in [-0.1, -0.05) is 60.3 Å². The minimum Gasteiger partial charge on any atom is -0.497 e. The first-order valence-corrected chi connectivity index (χ1v) is 11.2. The van der Waals surface area contributed by atoms with Crippen LogP contribution in [-0.4, -0.2) is 24.2 Å². The summed E-state index contributed by atoms with van der Waals surface area (Å²) in [4.78, 5) is 27.9. The molecule has 0 radical (unpaired) electrons. The van der Waals surface area contributed by atoms with Crippen LogP contribution in [0.2, 0.25) is 0 Å². The number of para-hydroxylation sites is 1. The molecule has 3 aromatic rings. The number of thioether (sulfide) groups is 1. The Balaban J connectivity index is 1.68. The number of nitrogens with zero attached hydrogens (tertiary/aromatic N) is 2. The highest BCUT2D eigenvalue weighted by Gasteiger charge is 2.40. The summed E-state index contributed by atoms with van der Waals surface area (Å²) in [5, 5.41) is 12.5. The number of carbonyl (C=O) groups excluding carboxylic acids is 2. The molecule has 2 amide bonds. The number of amides is 2. The largest absolute Gasteiger partial charge is 0.497 e. The number of benzene rings is 3. The Labute approximate surface area is 196 Å². The summed E-state index contributed by atoms with van der Waals surface area (Å²) in [5.41, 5.74) is 2.04. The van der Waals surface area contributed by atoms with Gasteiger partial charge in [-0.25, -0.2) is 0 Å². The first-order chi connectivity index (χ1) is 16.1. The van der Waals surface area contributed by atoms with Crippen molar-refractivity contribution in [2.24, 2.45) is 0 Å². The molecular weight excluding hydrogens is 434 g/mol. The molecule has 0 aromatic heterocycles. The fourth-order valence-corrected chi connectivity index (χ4v) is 4.80. The molecule has 6 nitrogen and oxygen atoms in total. The highest BCUT2D eigenvalue weighted by molar-refractivity contribution is 8.05. The van der Waals surface area contributed by atoms with Crippen molar-refractivity contribution in [2.75, 3.05) is 17.3 Å². The van der Waals surface area contributed by atoms with E-state index in [0.717, 1.165) is 5.56 Å². The van der Waals surface area contributed by atoms with Gasteiger partial charge in [0.15, 0.2) is 0 Å². The molecule has 1 aliphatic rings. The van der Waals surface area contributed by atoms with E-state index in [2.05, 4.69) is 5.32 Å². The van der Waals surface area contributed by atoms with Gasteiger partial charge in [0, 0.05) is 11.4 Å². The number of anilines is 2. The number of rotatable bonds is 6. The summed E-state index contributed by atoms with van der Waals surface area (Å²) in [5.74, 6) is -0.0721. The molecule has 1 heterocycles. The minimum atomic E-state index is -0.570. The summed E-state index contributed by atoms with van der Waals surface area (Å²) >= 11 is 1.25. The van der Waals surface area contributed by atoms with Gasteiger partial charge in [0.25, 0.3) is 5.91 Å².